The summed E-state index contributed by atoms with van der Waals surface area (Å²) in [5.74, 6) is 0.221. The number of rotatable bonds is 4. The molecule has 0 saturated carbocycles. The smallest absolute Gasteiger partial charge is 0.262 e. The van der Waals surface area contributed by atoms with Crippen molar-refractivity contribution in [2.24, 2.45) is 0 Å². The number of nitrogens with one attached hydrogen (secondary N) is 1. The number of carbonyl (C=O) groups is 1. The van der Waals surface area contributed by atoms with Gasteiger partial charge in [-0.3, -0.25) is 4.79 Å². The highest BCUT2D eigenvalue weighted by molar-refractivity contribution is 9.11. The van der Waals surface area contributed by atoms with Crippen molar-refractivity contribution in [1.29, 1.82) is 0 Å². The minimum absolute atomic E-state index is 0.151. The molecule has 1 N–H and O–H groups in total. The first-order valence-corrected chi connectivity index (χ1v) is 8.13. The van der Waals surface area contributed by atoms with E-state index in [0.717, 1.165) is 8.95 Å². The second-order valence-corrected chi connectivity index (χ2v) is 6.59. The molecule has 0 saturated heterocycles. The first-order valence-electron chi connectivity index (χ1n) is 5.79. The van der Waals surface area contributed by atoms with Crippen molar-refractivity contribution in [3.63, 3.8) is 0 Å². The monoisotopic (exact) mass is 451 g/mol. The van der Waals surface area contributed by atoms with Crippen LogP contribution in [0.25, 0.3) is 0 Å². The van der Waals surface area contributed by atoms with E-state index in [1.165, 1.54) is 0 Å². The maximum Gasteiger partial charge on any atom is 0.262 e. The van der Waals surface area contributed by atoms with Crippen molar-refractivity contribution in [3.05, 3.63) is 55.4 Å². The Labute approximate surface area is 148 Å². The molecule has 2 aromatic carbocycles. The van der Waals surface area contributed by atoms with E-state index < -0.39 is 0 Å². The molecule has 0 aliphatic rings. The normalized spacial score (nSPS) is 10.3. The summed E-state index contributed by atoms with van der Waals surface area (Å²) >= 11 is 18.7. The number of hydrogen-bond donors (Lipinski definition) is 1. The third-order valence-electron chi connectivity index (χ3n) is 2.48. The van der Waals surface area contributed by atoms with E-state index in [2.05, 4.69) is 37.2 Å². The second-order valence-electron chi connectivity index (χ2n) is 4.01. The number of halogens is 4. The molecule has 0 atom stereocenters. The minimum atomic E-state index is -0.347. The predicted octanol–water partition coefficient (Wildman–Crippen LogP) is 5.54. The fraction of sp³-hybridized carbons (Fsp3) is 0.0714. The molecular weight excluding hydrogens is 445 g/mol. The summed E-state index contributed by atoms with van der Waals surface area (Å²) in [7, 11) is 0. The van der Waals surface area contributed by atoms with Crippen LogP contribution in [0.5, 0.6) is 5.75 Å². The molecular formula is C14H9Br2Cl2NO2. The number of ether oxygens (including phenoxy) is 1. The Bertz CT molecular complexity index is 660. The van der Waals surface area contributed by atoms with Gasteiger partial charge in [0.05, 0.1) is 20.2 Å². The molecule has 7 heteroatoms. The highest BCUT2D eigenvalue weighted by Crippen LogP contribution is 2.30. The first-order chi connectivity index (χ1) is 9.97. The Morgan fingerprint density at radius 1 is 1.14 bits per heavy atom. The van der Waals surface area contributed by atoms with E-state index >= 15 is 0 Å². The van der Waals surface area contributed by atoms with Gasteiger partial charge in [0.1, 0.15) is 5.75 Å². The zero-order valence-corrected chi connectivity index (χ0v) is 15.2. The molecule has 1 amide bonds. The van der Waals surface area contributed by atoms with Gasteiger partial charge < -0.3 is 10.1 Å². The molecule has 0 heterocycles. The van der Waals surface area contributed by atoms with Crippen LogP contribution in [0.2, 0.25) is 10.0 Å². The lowest BCUT2D eigenvalue weighted by atomic mass is 10.3. The molecule has 0 unspecified atom stereocenters. The largest absolute Gasteiger partial charge is 0.483 e. The fourth-order valence-corrected chi connectivity index (χ4v) is 3.18. The highest BCUT2D eigenvalue weighted by atomic mass is 79.9. The molecule has 0 aliphatic heterocycles. The van der Waals surface area contributed by atoms with Crippen LogP contribution in [0.3, 0.4) is 0 Å². The molecule has 0 aliphatic carbocycles. The predicted molar refractivity (Wildman–Crippen MR) is 92.4 cm³/mol. The van der Waals surface area contributed by atoms with Gasteiger partial charge in [-0.05, 0) is 46.3 Å². The lowest BCUT2D eigenvalue weighted by Gasteiger charge is -2.11. The van der Waals surface area contributed by atoms with E-state index in [-0.39, 0.29) is 12.5 Å². The summed E-state index contributed by atoms with van der Waals surface area (Å²) in [6.45, 7) is -0.151. The van der Waals surface area contributed by atoms with Crippen LogP contribution in [0.1, 0.15) is 0 Å². The number of hydrogen-bond acceptors (Lipinski definition) is 2. The van der Waals surface area contributed by atoms with Crippen LogP contribution in [0, 0.1) is 0 Å². The Morgan fingerprint density at radius 3 is 2.43 bits per heavy atom. The average molecular weight is 454 g/mol. The highest BCUT2D eigenvalue weighted by Gasteiger charge is 2.11. The Kier molecular flexibility index (Phi) is 5.93. The van der Waals surface area contributed by atoms with Crippen molar-refractivity contribution >= 4 is 66.7 Å². The van der Waals surface area contributed by atoms with Gasteiger partial charge in [-0.15, -0.1) is 0 Å². The lowest BCUT2D eigenvalue weighted by Crippen LogP contribution is -2.20. The van der Waals surface area contributed by atoms with Crippen molar-refractivity contribution in [2.75, 3.05) is 11.9 Å². The zero-order valence-electron chi connectivity index (χ0n) is 10.5. The quantitative estimate of drug-likeness (QED) is 0.660. The van der Waals surface area contributed by atoms with Gasteiger partial charge in [-0.2, -0.15) is 0 Å². The van der Waals surface area contributed by atoms with Gasteiger partial charge in [0, 0.05) is 4.47 Å². The van der Waals surface area contributed by atoms with Crippen LogP contribution < -0.4 is 10.1 Å². The van der Waals surface area contributed by atoms with E-state index in [1.54, 1.807) is 24.3 Å². The Hall–Kier alpha value is -0.750. The standard InChI is InChI=1S/C14H9Br2Cl2NO2/c15-8-4-5-12(9(16)6-8)21-7-13(20)19-14-10(17)2-1-3-11(14)18/h1-6H,7H2,(H,19,20). The summed E-state index contributed by atoms with van der Waals surface area (Å²) in [5.41, 5.74) is 0.379. The summed E-state index contributed by atoms with van der Waals surface area (Å²) in [6, 6.07) is 10.4. The van der Waals surface area contributed by atoms with Gasteiger partial charge in [-0.25, -0.2) is 0 Å². The molecule has 0 radical (unpaired) electrons. The molecule has 0 fully saturated rings. The SMILES string of the molecule is O=C(COc1ccc(Br)cc1Br)Nc1c(Cl)cccc1Cl. The number of amides is 1. The van der Waals surface area contributed by atoms with Crippen molar-refractivity contribution in [3.8, 4) is 5.75 Å². The Balaban J connectivity index is 1.99. The zero-order chi connectivity index (χ0) is 15.4. The third-order valence-corrected chi connectivity index (χ3v) is 4.22. The third kappa shape index (κ3) is 4.61. The summed E-state index contributed by atoms with van der Waals surface area (Å²) in [5, 5.41) is 3.38. The molecule has 2 rings (SSSR count). The van der Waals surface area contributed by atoms with Crippen LogP contribution in [0.15, 0.2) is 45.3 Å². The molecule has 0 bridgehead atoms. The maximum atomic E-state index is 11.9. The molecule has 2 aromatic rings. The van der Waals surface area contributed by atoms with E-state index in [0.29, 0.717) is 21.5 Å². The van der Waals surface area contributed by atoms with Gasteiger partial charge >= 0.3 is 0 Å². The van der Waals surface area contributed by atoms with Gasteiger partial charge in [0.25, 0.3) is 5.91 Å². The van der Waals surface area contributed by atoms with Gasteiger partial charge in [-0.1, -0.05) is 45.2 Å². The molecule has 0 spiro atoms. The summed E-state index contributed by atoms with van der Waals surface area (Å²) in [4.78, 5) is 11.9. The van der Waals surface area contributed by atoms with E-state index in [1.807, 2.05) is 12.1 Å². The second kappa shape index (κ2) is 7.49. The van der Waals surface area contributed by atoms with E-state index in [9.17, 15) is 4.79 Å². The lowest BCUT2D eigenvalue weighted by molar-refractivity contribution is -0.118. The topological polar surface area (TPSA) is 38.3 Å². The average Bonchev–Trinajstić information content (AvgIpc) is 2.42. The van der Waals surface area contributed by atoms with Gasteiger partial charge in [0.15, 0.2) is 6.61 Å². The van der Waals surface area contributed by atoms with Crippen molar-refractivity contribution in [2.45, 2.75) is 0 Å². The van der Waals surface area contributed by atoms with Crippen LogP contribution in [0.4, 0.5) is 5.69 Å². The van der Waals surface area contributed by atoms with Crippen LogP contribution >= 0.6 is 55.1 Å². The van der Waals surface area contributed by atoms with Crippen molar-refractivity contribution < 1.29 is 9.53 Å². The molecule has 21 heavy (non-hydrogen) atoms. The summed E-state index contributed by atoms with van der Waals surface area (Å²) in [6.07, 6.45) is 0. The summed E-state index contributed by atoms with van der Waals surface area (Å²) < 4.78 is 7.10. The number of para-hydroxylation sites is 1. The number of anilines is 1. The number of carbonyl (C=O) groups excluding carboxylic acids is 1. The molecule has 0 aromatic heterocycles. The Morgan fingerprint density at radius 2 is 1.81 bits per heavy atom. The van der Waals surface area contributed by atoms with Crippen LogP contribution in [-0.2, 0) is 4.79 Å². The molecule has 3 nitrogen and oxygen atoms in total. The molecule has 110 valence electrons. The van der Waals surface area contributed by atoms with Crippen molar-refractivity contribution in [1.82, 2.24) is 0 Å². The van der Waals surface area contributed by atoms with E-state index in [4.69, 9.17) is 27.9 Å². The first kappa shape index (κ1) is 16.6. The maximum absolute atomic E-state index is 11.9. The number of benzene rings is 2. The van der Waals surface area contributed by atoms with Gasteiger partial charge in [0.2, 0.25) is 0 Å². The van der Waals surface area contributed by atoms with Crippen LogP contribution in [-0.4, -0.2) is 12.5 Å². The minimum Gasteiger partial charge on any atom is -0.483 e. The fourth-order valence-electron chi connectivity index (χ4n) is 1.53.